The van der Waals surface area contributed by atoms with Crippen LogP contribution in [-0.4, -0.2) is 42.0 Å². The number of carboxylic acid groups (broad SMARTS) is 1. The van der Waals surface area contributed by atoms with Gasteiger partial charge in [-0.3, -0.25) is 0 Å². The molecular weight excluding hydrogens is 259 g/mol. The highest BCUT2D eigenvalue weighted by Crippen LogP contribution is 2.24. The van der Waals surface area contributed by atoms with Crippen LogP contribution in [0.25, 0.3) is 0 Å². The van der Waals surface area contributed by atoms with Crippen molar-refractivity contribution < 1.29 is 28.9 Å². The van der Waals surface area contributed by atoms with Crippen molar-refractivity contribution in [1.82, 2.24) is 5.32 Å². The maximum atomic E-state index is 12.9. The van der Waals surface area contributed by atoms with Crippen LogP contribution >= 0.6 is 0 Å². The molecule has 2 amide bonds. The molecule has 1 aromatic carbocycles. The van der Waals surface area contributed by atoms with Gasteiger partial charge in [0.15, 0.2) is 6.10 Å². The first-order chi connectivity index (χ1) is 8.93. The summed E-state index contributed by atoms with van der Waals surface area (Å²) in [5, 5.41) is 21.9. The van der Waals surface area contributed by atoms with Crippen LogP contribution in [-0.2, 0) is 4.79 Å². The number of halogens is 1. The van der Waals surface area contributed by atoms with Crippen LogP contribution in [0.2, 0.25) is 0 Å². The number of anilines is 1. The number of carboxylic acids is 1. The lowest BCUT2D eigenvalue weighted by Gasteiger charge is -2.12. The first-order valence-corrected chi connectivity index (χ1v) is 5.23. The van der Waals surface area contributed by atoms with Gasteiger partial charge in [0.1, 0.15) is 11.6 Å². The zero-order chi connectivity index (χ0) is 14.4. The predicted octanol–water partition coefficient (Wildman–Crippen LogP) is 0.401. The summed E-state index contributed by atoms with van der Waals surface area (Å²) in [4.78, 5) is 21.7. The maximum absolute atomic E-state index is 12.9. The van der Waals surface area contributed by atoms with Gasteiger partial charge in [0.05, 0.1) is 19.3 Å². The van der Waals surface area contributed by atoms with Gasteiger partial charge in [-0.25, -0.2) is 14.0 Å². The Morgan fingerprint density at radius 2 is 2.16 bits per heavy atom. The number of ether oxygens (including phenoxy) is 1. The number of rotatable bonds is 5. The molecule has 4 N–H and O–H groups in total. The van der Waals surface area contributed by atoms with E-state index in [-0.39, 0.29) is 11.4 Å². The van der Waals surface area contributed by atoms with E-state index in [1.165, 1.54) is 13.2 Å². The minimum absolute atomic E-state index is 0.119. The predicted molar refractivity (Wildman–Crippen MR) is 63.6 cm³/mol. The van der Waals surface area contributed by atoms with Crippen molar-refractivity contribution in [3.63, 3.8) is 0 Å². The van der Waals surface area contributed by atoms with Gasteiger partial charge < -0.3 is 25.6 Å². The molecule has 1 atom stereocenters. The van der Waals surface area contributed by atoms with Crippen LogP contribution in [0.3, 0.4) is 0 Å². The van der Waals surface area contributed by atoms with Gasteiger partial charge in [0.2, 0.25) is 0 Å². The zero-order valence-electron chi connectivity index (χ0n) is 10.0. The van der Waals surface area contributed by atoms with Gasteiger partial charge in [-0.05, 0) is 12.1 Å². The Kier molecular flexibility index (Phi) is 5.07. The van der Waals surface area contributed by atoms with Crippen LogP contribution in [0.4, 0.5) is 14.9 Å². The van der Waals surface area contributed by atoms with Crippen LogP contribution in [0.1, 0.15) is 0 Å². The molecule has 0 fully saturated rings. The van der Waals surface area contributed by atoms with E-state index in [9.17, 15) is 14.0 Å². The van der Waals surface area contributed by atoms with Gasteiger partial charge >= 0.3 is 12.0 Å². The number of hydrogen-bond donors (Lipinski definition) is 4. The lowest BCUT2D eigenvalue weighted by Crippen LogP contribution is -2.38. The molecule has 19 heavy (non-hydrogen) atoms. The van der Waals surface area contributed by atoms with Gasteiger partial charge in [-0.15, -0.1) is 0 Å². The Balaban J connectivity index is 2.60. The van der Waals surface area contributed by atoms with Gasteiger partial charge in [0, 0.05) is 6.07 Å². The third-order valence-electron chi connectivity index (χ3n) is 2.15. The Morgan fingerprint density at radius 3 is 2.74 bits per heavy atom. The first-order valence-electron chi connectivity index (χ1n) is 5.23. The summed E-state index contributed by atoms with van der Waals surface area (Å²) in [6.07, 6.45) is -1.69. The number of aliphatic hydroxyl groups excluding tert-OH is 1. The third-order valence-corrected chi connectivity index (χ3v) is 2.15. The summed E-state index contributed by atoms with van der Waals surface area (Å²) in [7, 11) is 1.31. The molecule has 0 aromatic heterocycles. The summed E-state index contributed by atoms with van der Waals surface area (Å²) >= 11 is 0. The molecule has 1 rings (SSSR count). The lowest BCUT2D eigenvalue weighted by molar-refractivity contribution is -0.146. The molecule has 0 aliphatic carbocycles. The Hall–Kier alpha value is -2.35. The topological polar surface area (TPSA) is 108 Å². The molecule has 0 saturated carbocycles. The second-order valence-electron chi connectivity index (χ2n) is 3.53. The lowest BCUT2D eigenvalue weighted by atomic mass is 10.3. The molecule has 7 nitrogen and oxygen atoms in total. The number of nitrogens with one attached hydrogen (secondary N) is 2. The summed E-state index contributed by atoms with van der Waals surface area (Å²) in [5.74, 6) is -1.85. The largest absolute Gasteiger partial charge is 0.494 e. The quantitative estimate of drug-likeness (QED) is 0.620. The normalized spacial score (nSPS) is 11.5. The molecule has 1 aromatic rings. The molecule has 0 radical (unpaired) electrons. The standard InChI is InChI=1S/C11H13FN2O5/c1-19-9-4-6(12)2-3-7(9)14-11(18)13-5-8(15)10(16)17/h2-4,8,15H,5H2,1H3,(H,16,17)(H2,13,14,18)/t8-/m0/s1. The number of amides is 2. The van der Waals surface area contributed by atoms with Crippen molar-refractivity contribution in [2.24, 2.45) is 0 Å². The monoisotopic (exact) mass is 272 g/mol. The van der Waals surface area contributed by atoms with Crippen molar-refractivity contribution in [3.05, 3.63) is 24.0 Å². The number of aliphatic carboxylic acids is 1. The Labute approximate surface area is 108 Å². The molecule has 0 bridgehead atoms. The SMILES string of the molecule is COc1cc(F)ccc1NC(=O)NC[C@H](O)C(=O)O. The number of urea groups is 1. The smallest absolute Gasteiger partial charge is 0.334 e. The molecule has 0 aliphatic rings. The minimum Gasteiger partial charge on any atom is -0.494 e. The number of carbonyl (C=O) groups is 2. The molecule has 0 saturated heterocycles. The minimum atomic E-state index is -1.69. The van der Waals surface area contributed by atoms with E-state index in [4.69, 9.17) is 14.9 Å². The Morgan fingerprint density at radius 1 is 1.47 bits per heavy atom. The van der Waals surface area contributed by atoms with Gasteiger partial charge in [-0.1, -0.05) is 0 Å². The second kappa shape index (κ2) is 6.55. The maximum Gasteiger partial charge on any atom is 0.334 e. The molecule has 8 heteroatoms. The average molecular weight is 272 g/mol. The number of hydrogen-bond acceptors (Lipinski definition) is 4. The number of carbonyl (C=O) groups excluding carboxylic acids is 1. The van der Waals surface area contributed by atoms with Gasteiger partial charge in [-0.2, -0.15) is 0 Å². The van der Waals surface area contributed by atoms with Gasteiger partial charge in [0.25, 0.3) is 0 Å². The highest BCUT2D eigenvalue weighted by atomic mass is 19.1. The third kappa shape index (κ3) is 4.43. The highest BCUT2D eigenvalue weighted by molar-refractivity contribution is 5.91. The van der Waals surface area contributed by atoms with Crippen LogP contribution in [0.15, 0.2) is 18.2 Å². The molecule has 0 heterocycles. The first kappa shape index (κ1) is 14.7. The van der Waals surface area contributed by atoms with E-state index in [1.54, 1.807) is 0 Å². The van der Waals surface area contributed by atoms with E-state index >= 15 is 0 Å². The summed E-state index contributed by atoms with van der Waals surface area (Å²) in [6, 6.07) is 2.76. The summed E-state index contributed by atoms with van der Waals surface area (Å²) < 4.78 is 17.8. The van der Waals surface area contributed by atoms with E-state index in [0.29, 0.717) is 0 Å². The molecule has 0 spiro atoms. The number of methoxy groups -OCH3 is 1. The van der Waals surface area contributed by atoms with Crippen LogP contribution in [0, 0.1) is 5.82 Å². The molecule has 0 aliphatic heterocycles. The van der Waals surface area contributed by atoms with E-state index in [2.05, 4.69) is 10.6 Å². The molecule has 104 valence electrons. The fourth-order valence-electron chi connectivity index (χ4n) is 1.21. The van der Waals surface area contributed by atoms with Crippen molar-refractivity contribution in [2.75, 3.05) is 19.0 Å². The van der Waals surface area contributed by atoms with E-state index < -0.39 is 30.5 Å². The molecular formula is C11H13FN2O5. The van der Waals surface area contributed by atoms with E-state index in [1.807, 2.05) is 0 Å². The van der Waals surface area contributed by atoms with E-state index in [0.717, 1.165) is 12.1 Å². The van der Waals surface area contributed by atoms with Crippen molar-refractivity contribution >= 4 is 17.7 Å². The number of aliphatic hydroxyl groups is 1. The highest BCUT2D eigenvalue weighted by Gasteiger charge is 2.15. The second-order valence-corrected chi connectivity index (χ2v) is 3.53. The zero-order valence-corrected chi connectivity index (χ0v) is 10.0. The summed E-state index contributed by atoms with van der Waals surface area (Å²) in [5.41, 5.74) is 0.214. The fourth-order valence-corrected chi connectivity index (χ4v) is 1.21. The van der Waals surface area contributed by atoms with Crippen molar-refractivity contribution in [2.45, 2.75) is 6.10 Å². The van der Waals surface area contributed by atoms with Crippen LogP contribution < -0.4 is 15.4 Å². The Bertz CT molecular complexity index is 480. The van der Waals surface area contributed by atoms with Crippen molar-refractivity contribution in [3.8, 4) is 5.75 Å². The molecule has 0 unspecified atom stereocenters. The van der Waals surface area contributed by atoms with Crippen LogP contribution in [0.5, 0.6) is 5.75 Å². The fraction of sp³-hybridized carbons (Fsp3) is 0.273. The summed E-state index contributed by atoms with van der Waals surface area (Å²) in [6.45, 7) is -0.454. The van der Waals surface area contributed by atoms with Crippen molar-refractivity contribution in [1.29, 1.82) is 0 Å². The average Bonchev–Trinajstić information content (AvgIpc) is 2.37. The number of benzene rings is 1.